The van der Waals surface area contributed by atoms with Gasteiger partial charge in [-0.1, -0.05) is 29.8 Å². The second-order valence-electron chi connectivity index (χ2n) is 4.49. The van der Waals surface area contributed by atoms with Crippen LogP contribution in [0.3, 0.4) is 0 Å². The summed E-state index contributed by atoms with van der Waals surface area (Å²) < 4.78 is 0. The molecule has 0 N–H and O–H groups in total. The molecule has 1 heterocycles. The van der Waals surface area contributed by atoms with Crippen molar-refractivity contribution in [3.63, 3.8) is 0 Å². The maximum absolute atomic E-state index is 9.47. The largest absolute Gasteiger partial charge is 0.264 e. The van der Waals surface area contributed by atoms with Gasteiger partial charge in [0.2, 0.25) is 0 Å². The van der Waals surface area contributed by atoms with Gasteiger partial charge < -0.3 is 0 Å². The molecule has 0 amide bonds. The molecule has 90 valence electrons. The number of pyridine rings is 1. The van der Waals surface area contributed by atoms with E-state index >= 15 is 0 Å². The molecule has 18 heavy (non-hydrogen) atoms. The molecule has 3 heteroatoms. The van der Waals surface area contributed by atoms with Crippen LogP contribution in [0.4, 0.5) is 0 Å². The maximum atomic E-state index is 9.47. The van der Waals surface area contributed by atoms with E-state index in [0.29, 0.717) is 11.4 Å². The number of nitriles is 1. The minimum absolute atomic E-state index is 0.562. The first kappa shape index (κ1) is 12.6. The summed E-state index contributed by atoms with van der Waals surface area (Å²) in [4.78, 5) is 4.08. The first-order valence-corrected chi connectivity index (χ1v) is 6.08. The van der Waals surface area contributed by atoms with Gasteiger partial charge >= 0.3 is 0 Å². The molecule has 0 saturated heterocycles. The first-order valence-electron chi connectivity index (χ1n) is 5.70. The van der Waals surface area contributed by atoms with Crippen LogP contribution < -0.4 is 0 Å². The topological polar surface area (TPSA) is 36.7 Å². The van der Waals surface area contributed by atoms with Gasteiger partial charge in [0, 0.05) is 17.4 Å². The van der Waals surface area contributed by atoms with Crippen molar-refractivity contribution in [2.45, 2.75) is 18.8 Å². The van der Waals surface area contributed by atoms with Gasteiger partial charge in [-0.05, 0) is 42.7 Å². The van der Waals surface area contributed by atoms with Gasteiger partial charge in [-0.2, -0.15) is 5.26 Å². The van der Waals surface area contributed by atoms with E-state index in [9.17, 15) is 5.26 Å². The van der Waals surface area contributed by atoms with Crippen LogP contribution in [0.1, 0.15) is 18.1 Å². The highest BCUT2D eigenvalue weighted by Gasteiger charge is 2.26. The molecule has 0 aliphatic carbocycles. The Morgan fingerprint density at radius 1 is 1.28 bits per heavy atom. The third kappa shape index (κ3) is 2.69. The normalized spacial score (nSPS) is 13.6. The standard InChI is InChI=1S/C15H13ClN2/c1-15(11-17,9-12-3-2-8-18-10-12)13-4-6-14(16)7-5-13/h2-8,10H,9H2,1H3. The Hall–Kier alpha value is -1.85. The fraction of sp³-hybridized carbons (Fsp3) is 0.200. The molecule has 0 fully saturated rings. The quantitative estimate of drug-likeness (QED) is 0.838. The Labute approximate surface area is 112 Å². The fourth-order valence-corrected chi connectivity index (χ4v) is 2.06. The van der Waals surface area contributed by atoms with E-state index < -0.39 is 5.41 Å². The van der Waals surface area contributed by atoms with Crippen molar-refractivity contribution >= 4 is 11.6 Å². The van der Waals surface area contributed by atoms with Crippen LogP contribution in [0.25, 0.3) is 0 Å². The lowest BCUT2D eigenvalue weighted by atomic mass is 9.79. The molecule has 0 radical (unpaired) electrons. The molecule has 2 aromatic rings. The van der Waals surface area contributed by atoms with E-state index in [1.807, 2.05) is 43.3 Å². The zero-order chi connectivity index (χ0) is 13.0. The molecular formula is C15H13ClN2. The predicted octanol–water partition coefficient (Wildman–Crippen LogP) is 3.76. The summed E-state index contributed by atoms with van der Waals surface area (Å²) >= 11 is 5.87. The zero-order valence-corrected chi connectivity index (χ0v) is 10.9. The number of aromatic nitrogens is 1. The highest BCUT2D eigenvalue weighted by atomic mass is 35.5. The van der Waals surface area contributed by atoms with Crippen molar-refractivity contribution in [3.8, 4) is 6.07 Å². The second-order valence-corrected chi connectivity index (χ2v) is 4.93. The highest BCUT2D eigenvalue weighted by Crippen LogP contribution is 2.28. The molecule has 0 bridgehead atoms. The molecule has 2 rings (SSSR count). The molecule has 1 aromatic carbocycles. The SMILES string of the molecule is CC(C#N)(Cc1cccnc1)c1ccc(Cl)cc1. The Balaban J connectivity index is 2.32. The van der Waals surface area contributed by atoms with Gasteiger partial charge in [0.15, 0.2) is 0 Å². The van der Waals surface area contributed by atoms with Gasteiger partial charge in [-0.15, -0.1) is 0 Å². The Kier molecular flexibility index (Phi) is 3.64. The van der Waals surface area contributed by atoms with Crippen molar-refractivity contribution in [3.05, 3.63) is 64.9 Å². The molecule has 2 nitrogen and oxygen atoms in total. The maximum Gasteiger partial charge on any atom is 0.0835 e. The minimum Gasteiger partial charge on any atom is -0.264 e. The van der Waals surface area contributed by atoms with E-state index in [4.69, 9.17) is 11.6 Å². The van der Waals surface area contributed by atoms with Gasteiger partial charge in [0.1, 0.15) is 0 Å². The molecular weight excluding hydrogens is 244 g/mol. The Morgan fingerprint density at radius 3 is 2.56 bits per heavy atom. The average molecular weight is 257 g/mol. The lowest BCUT2D eigenvalue weighted by molar-refractivity contribution is 0.605. The molecule has 0 aliphatic heterocycles. The number of hydrogen-bond donors (Lipinski definition) is 0. The van der Waals surface area contributed by atoms with Crippen molar-refractivity contribution in [1.82, 2.24) is 4.98 Å². The number of rotatable bonds is 3. The summed E-state index contributed by atoms with van der Waals surface area (Å²) in [5.41, 5.74) is 1.46. The molecule has 0 spiro atoms. The predicted molar refractivity (Wildman–Crippen MR) is 72.4 cm³/mol. The van der Waals surface area contributed by atoms with Gasteiger partial charge in [0.05, 0.1) is 11.5 Å². The van der Waals surface area contributed by atoms with E-state index in [-0.39, 0.29) is 0 Å². The van der Waals surface area contributed by atoms with E-state index in [0.717, 1.165) is 11.1 Å². The van der Waals surface area contributed by atoms with Gasteiger partial charge in [-0.25, -0.2) is 0 Å². The van der Waals surface area contributed by atoms with Crippen LogP contribution in [0, 0.1) is 11.3 Å². The summed E-state index contributed by atoms with van der Waals surface area (Å²) in [6.07, 6.45) is 4.17. The first-order chi connectivity index (χ1) is 8.64. The smallest absolute Gasteiger partial charge is 0.0835 e. The van der Waals surface area contributed by atoms with E-state index in [1.165, 1.54) is 0 Å². The monoisotopic (exact) mass is 256 g/mol. The van der Waals surface area contributed by atoms with Crippen LogP contribution in [0.15, 0.2) is 48.8 Å². The summed E-state index contributed by atoms with van der Waals surface area (Å²) in [6.45, 7) is 1.93. The zero-order valence-electron chi connectivity index (χ0n) is 10.1. The molecule has 0 aliphatic rings. The third-order valence-electron chi connectivity index (χ3n) is 3.01. The number of nitrogens with zero attached hydrogens (tertiary/aromatic N) is 2. The van der Waals surface area contributed by atoms with Crippen LogP contribution >= 0.6 is 11.6 Å². The third-order valence-corrected chi connectivity index (χ3v) is 3.26. The fourth-order valence-electron chi connectivity index (χ4n) is 1.93. The van der Waals surface area contributed by atoms with Crippen LogP contribution in [-0.4, -0.2) is 4.98 Å². The lowest BCUT2D eigenvalue weighted by Crippen LogP contribution is -2.22. The Bertz CT molecular complexity index is 557. The van der Waals surface area contributed by atoms with Gasteiger partial charge in [-0.3, -0.25) is 4.98 Å². The van der Waals surface area contributed by atoms with Crippen molar-refractivity contribution in [2.24, 2.45) is 0 Å². The second kappa shape index (κ2) is 5.20. The molecule has 1 aromatic heterocycles. The van der Waals surface area contributed by atoms with Crippen LogP contribution in [0.5, 0.6) is 0 Å². The number of benzene rings is 1. The average Bonchev–Trinajstić information content (AvgIpc) is 2.40. The number of hydrogen-bond acceptors (Lipinski definition) is 2. The minimum atomic E-state index is -0.562. The highest BCUT2D eigenvalue weighted by molar-refractivity contribution is 6.30. The lowest BCUT2D eigenvalue weighted by Gasteiger charge is -2.22. The summed E-state index contributed by atoms with van der Waals surface area (Å²) in [5.74, 6) is 0. The summed E-state index contributed by atoms with van der Waals surface area (Å²) in [7, 11) is 0. The van der Waals surface area contributed by atoms with Crippen molar-refractivity contribution in [1.29, 1.82) is 5.26 Å². The van der Waals surface area contributed by atoms with Crippen LogP contribution in [-0.2, 0) is 11.8 Å². The van der Waals surface area contributed by atoms with Crippen molar-refractivity contribution in [2.75, 3.05) is 0 Å². The van der Waals surface area contributed by atoms with E-state index in [2.05, 4.69) is 11.1 Å². The summed E-state index contributed by atoms with van der Waals surface area (Å²) in [6, 6.07) is 13.7. The van der Waals surface area contributed by atoms with Crippen LogP contribution in [0.2, 0.25) is 5.02 Å². The molecule has 1 unspecified atom stereocenters. The Morgan fingerprint density at radius 2 is 2.00 bits per heavy atom. The van der Waals surface area contributed by atoms with E-state index in [1.54, 1.807) is 12.4 Å². The summed E-state index contributed by atoms with van der Waals surface area (Å²) in [5, 5.41) is 10.1. The van der Waals surface area contributed by atoms with Gasteiger partial charge in [0.25, 0.3) is 0 Å². The van der Waals surface area contributed by atoms with Crippen molar-refractivity contribution < 1.29 is 0 Å². The number of halogens is 1. The molecule has 0 saturated carbocycles. The molecule has 1 atom stereocenters.